The summed E-state index contributed by atoms with van der Waals surface area (Å²) in [5.41, 5.74) is 5.77. The largest absolute Gasteiger partial charge is 0.347 e. The first-order valence-corrected chi connectivity index (χ1v) is 9.93. The molecule has 0 aliphatic rings. The number of pyridine rings is 1. The maximum absolute atomic E-state index is 6.18. The van der Waals surface area contributed by atoms with E-state index in [1.54, 1.807) is 0 Å². The van der Waals surface area contributed by atoms with Crippen molar-refractivity contribution in [1.29, 1.82) is 0 Å². The Balaban J connectivity index is 1.74. The molecule has 0 N–H and O–H groups in total. The van der Waals surface area contributed by atoms with Crippen molar-refractivity contribution in [2.75, 3.05) is 20.6 Å². The fraction of sp³-hybridized carbons (Fsp3) is 0.208. The Morgan fingerprint density at radius 2 is 1.75 bits per heavy atom. The third kappa shape index (κ3) is 3.96. The molecule has 28 heavy (non-hydrogen) atoms. The molecule has 0 fully saturated rings. The standard InChI is InChI=1S/C24H24ClN3/c1-27(2)11-6-12-28-17-23(22-9-3-4-10-24(22)28)20-13-19(15-26-16-20)18-7-5-8-21(25)14-18/h3-5,7-10,13-17H,6,11-12H2,1-2H3. The maximum Gasteiger partial charge on any atom is 0.0486 e. The second-order valence-corrected chi connectivity index (χ2v) is 7.82. The van der Waals surface area contributed by atoms with Crippen molar-refractivity contribution in [1.82, 2.24) is 14.5 Å². The van der Waals surface area contributed by atoms with Gasteiger partial charge in [-0.05, 0) is 56.9 Å². The van der Waals surface area contributed by atoms with E-state index in [1.807, 2.05) is 30.6 Å². The highest BCUT2D eigenvalue weighted by atomic mass is 35.5. The maximum atomic E-state index is 6.18. The minimum Gasteiger partial charge on any atom is -0.347 e. The highest BCUT2D eigenvalue weighted by Crippen LogP contribution is 2.33. The van der Waals surface area contributed by atoms with Crippen LogP contribution in [0.4, 0.5) is 0 Å². The second-order valence-electron chi connectivity index (χ2n) is 7.38. The minimum absolute atomic E-state index is 0.736. The van der Waals surface area contributed by atoms with Gasteiger partial charge in [-0.2, -0.15) is 0 Å². The van der Waals surface area contributed by atoms with Crippen molar-refractivity contribution in [3.63, 3.8) is 0 Å². The molecule has 0 atom stereocenters. The SMILES string of the molecule is CN(C)CCCn1cc(-c2cncc(-c3cccc(Cl)c3)c2)c2ccccc21. The molecule has 0 amide bonds. The molecule has 2 aromatic heterocycles. The van der Waals surface area contributed by atoms with E-state index in [4.69, 9.17) is 11.6 Å². The van der Waals surface area contributed by atoms with Crippen molar-refractivity contribution in [2.45, 2.75) is 13.0 Å². The van der Waals surface area contributed by atoms with Crippen molar-refractivity contribution < 1.29 is 0 Å². The minimum atomic E-state index is 0.736. The predicted molar refractivity (Wildman–Crippen MR) is 119 cm³/mol. The number of fused-ring (bicyclic) bond motifs is 1. The molecule has 0 bridgehead atoms. The van der Waals surface area contributed by atoms with Gasteiger partial charge in [-0.15, -0.1) is 0 Å². The number of nitrogens with zero attached hydrogens (tertiary/aromatic N) is 3. The summed E-state index contributed by atoms with van der Waals surface area (Å²) in [6.07, 6.45) is 7.22. The third-order valence-corrected chi connectivity index (χ3v) is 5.24. The lowest BCUT2D eigenvalue weighted by Gasteiger charge is -2.10. The first-order valence-electron chi connectivity index (χ1n) is 9.56. The molecule has 0 aliphatic heterocycles. The van der Waals surface area contributed by atoms with E-state index in [2.05, 4.69) is 71.1 Å². The summed E-state index contributed by atoms with van der Waals surface area (Å²) < 4.78 is 2.36. The van der Waals surface area contributed by atoms with E-state index in [0.717, 1.165) is 41.2 Å². The van der Waals surface area contributed by atoms with Crippen molar-refractivity contribution in [3.8, 4) is 22.3 Å². The van der Waals surface area contributed by atoms with Gasteiger partial charge in [-0.1, -0.05) is 41.9 Å². The summed E-state index contributed by atoms with van der Waals surface area (Å²) in [6.45, 7) is 2.08. The molecule has 0 saturated heterocycles. The van der Waals surface area contributed by atoms with Gasteiger partial charge in [0.05, 0.1) is 0 Å². The number of aryl methyl sites for hydroxylation is 1. The van der Waals surface area contributed by atoms with Crippen molar-refractivity contribution >= 4 is 22.5 Å². The number of hydrogen-bond donors (Lipinski definition) is 0. The van der Waals surface area contributed by atoms with Gasteiger partial charge >= 0.3 is 0 Å². The number of halogens is 1. The van der Waals surface area contributed by atoms with Crippen LogP contribution in [0.2, 0.25) is 5.02 Å². The van der Waals surface area contributed by atoms with Crippen molar-refractivity contribution in [3.05, 3.63) is 78.2 Å². The van der Waals surface area contributed by atoms with E-state index in [1.165, 1.54) is 16.5 Å². The van der Waals surface area contributed by atoms with Gasteiger partial charge in [0.1, 0.15) is 0 Å². The van der Waals surface area contributed by atoms with E-state index in [0.29, 0.717) is 0 Å². The molecule has 0 spiro atoms. The molecule has 2 heterocycles. The number of benzene rings is 2. The van der Waals surface area contributed by atoms with Gasteiger partial charge in [0.25, 0.3) is 0 Å². The monoisotopic (exact) mass is 389 g/mol. The number of rotatable bonds is 6. The lowest BCUT2D eigenvalue weighted by atomic mass is 10.0. The average molecular weight is 390 g/mol. The molecule has 4 rings (SSSR count). The van der Waals surface area contributed by atoms with Crippen LogP contribution in [0, 0.1) is 0 Å². The summed E-state index contributed by atoms with van der Waals surface area (Å²) in [4.78, 5) is 6.74. The molecule has 0 radical (unpaired) electrons. The van der Waals surface area contributed by atoms with Gasteiger partial charge in [0, 0.05) is 57.8 Å². The Hall–Kier alpha value is -2.62. The number of hydrogen-bond acceptors (Lipinski definition) is 2. The Kier molecular flexibility index (Phi) is 5.47. The lowest BCUT2D eigenvalue weighted by molar-refractivity contribution is 0.388. The lowest BCUT2D eigenvalue weighted by Crippen LogP contribution is -2.14. The Morgan fingerprint density at radius 3 is 2.57 bits per heavy atom. The van der Waals surface area contributed by atoms with E-state index >= 15 is 0 Å². The molecular weight excluding hydrogens is 366 g/mol. The van der Waals surface area contributed by atoms with Gasteiger partial charge in [-0.25, -0.2) is 0 Å². The van der Waals surface area contributed by atoms with Crippen LogP contribution in [-0.4, -0.2) is 35.1 Å². The quantitative estimate of drug-likeness (QED) is 0.404. The molecule has 0 aliphatic carbocycles. The fourth-order valence-electron chi connectivity index (χ4n) is 3.63. The van der Waals surface area contributed by atoms with Gasteiger partial charge in [0.15, 0.2) is 0 Å². The molecular formula is C24H24ClN3. The van der Waals surface area contributed by atoms with Crippen LogP contribution in [0.5, 0.6) is 0 Å². The zero-order chi connectivity index (χ0) is 19.5. The first-order chi connectivity index (χ1) is 13.6. The molecule has 0 saturated carbocycles. The first kappa shape index (κ1) is 18.7. The molecule has 4 aromatic rings. The van der Waals surface area contributed by atoms with E-state index in [-0.39, 0.29) is 0 Å². The summed E-state index contributed by atoms with van der Waals surface area (Å²) >= 11 is 6.18. The van der Waals surface area contributed by atoms with Crippen LogP contribution in [0.1, 0.15) is 6.42 Å². The van der Waals surface area contributed by atoms with Gasteiger partial charge in [-0.3, -0.25) is 4.98 Å². The summed E-state index contributed by atoms with van der Waals surface area (Å²) in [5, 5.41) is 2.00. The molecule has 0 unspecified atom stereocenters. The third-order valence-electron chi connectivity index (χ3n) is 5.00. The highest BCUT2D eigenvalue weighted by molar-refractivity contribution is 6.30. The van der Waals surface area contributed by atoms with Crippen LogP contribution < -0.4 is 0 Å². The highest BCUT2D eigenvalue weighted by Gasteiger charge is 2.11. The Bertz CT molecular complexity index is 1100. The van der Waals surface area contributed by atoms with Crippen LogP contribution in [0.15, 0.2) is 73.2 Å². The molecule has 2 aromatic carbocycles. The molecule has 3 nitrogen and oxygen atoms in total. The Labute approximate surface area is 171 Å². The zero-order valence-corrected chi connectivity index (χ0v) is 17.0. The topological polar surface area (TPSA) is 21.1 Å². The second kappa shape index (κ2) is 8.17. The van der Waals surface area contributed by atoms with Gasteiger partial charge in [0.2, 0.25) is 0 Å². The fourth-order valence-corrected chi connectivity index (χ4v) is 3.82. The van der Waals surface area contributed by atoms with Crippen LogP contribution >= 0.6 is 11.6 Å². The predicted octanol–water partition coefficient (Wildman–Crippen LogP) is 5.98. The molecule has 142 valence electrons. The van der Waals surface area contributed by atoms with Crippen LogP contribution in [-0.2, 0) is 6.54 Å². The van der Waals surface area contributed by atoms with Crippen molar-refractivity contribution in [2.24, 2.45) is 0 Å². The summed E-state index contributed by atoms with van der Waals surface area (Å²) in [5.74, 6) is 0. The molecule has 4 heteroatoms. The number of aromatic nitrogens is 2. The van der Waals surface area contributed by atoms with Crippen LogP contribution in [0.3, 0.4) is 0 Å². The van der Waals surface area contributed by atoms with Crippen LogP contribution in [0.25, 0.3) is 33.2 Å². The van der Waals surface area contributed by atoms with E-state index in [9.17, 15) is 0 Å². The number of para-hydroxylation sites is 1. The van der Waals surface area contributed by atoms with Gasteiger partial charge < -0.3 is 9.47 Å². The normalized spacial score (nSPS) is 11.4. The smallest absolute Gasteiger partial charge is 0.0486 e. The Morgan fingerprint density at radius 1 is 0.929 bits per heavy atom. The summed E-state index contributed by atoms with van der Waals surface area (Å²) in [7, 11) is 4.23. The average Bonchev–Trinajstić information content (AvgIpc) is 3.07. The summed E-state index contributed by atoms with van der Waals surface area (Å²) in [6, 6.07) is 18.7. The zero-order valence-electron chi connectivity index (χ0n) is 16.3. The van der Waals surface area contributed by atoms with E-state index < -0.39 is 0 Å².